The fourth-order valence-electron chi connectivity index (χ4n) is 2.51. The van der Waals surface area contributed by atoms with Gasteiger partial charge in [-0.1, -0.05) is 29.8 Å². The second-order valence-electron chi connectivity index (χ2n) is 6.27. The third kappa shape index (κ3) is 5.32. The van der Waals surface area contributed by atoms with Crippen LogP contribution in [-0.4, -0.2) is 18.5 Å². The van der Waals surface area contributed by atoms with Crippen molar-refractivity contribution in [2.45, 2.75) is 6.92 Å². The van der Waals surface area contributed by atoms with Crippen LogP contribution in [0, 0.1) is 12.7 Å². The number of nitrogens with two attached hydrogens (primary N) is 1. The molecule has 0 aromatic heterocycles. The van der Waals surface area contributed by atoms with Crippen LogP contribution in [0.1, 0.15) is 15.9 Å². The van der Waals surface area contributed by atoms with Gasteiger partial charge in [0.15, 0.2) is 12.4 Å². The highest BCUT2D eigenvalue weighted by molar-refractivity contribution is 5.98. The molecule has 3 rings (SSSR count). The molecule has 3 N–H and O–H groups in total. The fourth-order valence-corrected chi connectivity index (χ4v) is 2.51. The number of rotatable bonds is 6. The Kier molecular flexibility index (Phi) is 6.09. The highest BCUT2D eigenvalue weighted by Gasteiger charge is 2.15. The zero-order valence-corrected chi connectivity index (χ0v) is 15.6. The summed E-state index contributed by atoms with van der Waals surface area (Å²) in [6.45, 7) is 1.44. The zero-order valence-electron chi connectivity index (χ0n) is 15.6. The molecule has 1 amide bonds. The first kappa shape index (κ1) is 19.9. The van der Waals surface area contributed by atoms with E-state index in [1.54, 1.807) is 24.3 Å². The summed E-state index contributed by atoms with van der Waals surface area (Å²) in [4.78, 5) is 24.2. The number of hydrogen-bond donors (Lipinski definition) is 2. The number of esters is 1. The van der Waals surface area contributed by atoms with E-state index in [-0.39, 0.29) is 11.3 Å². The third-order valence-electron chi connectivity index (χ3n) is 3.98. The first-order valence-electron chi connectivity index (χ1n) is 8.78. The summed E-state index contributed by atoms with van der Waals surface area (Å²) in [5.74, 6) is -0.878. The Balaban J connectivity index is 1.62. The molecule has 0 aliphatic rings. The van der Waals surface area contributed by atoms with E-state index >= 15 is 0 Å². The summed E-state index contributed by atoms with van der Waals surface area (Å²) >= 11 is 0. The van der Waals surface area contributed by atoms with E-state index in [1.807, 2.05) is 31.2 Å². The van der Waals surface area contributed by atoms with Crippen LogP contribution in [0.15, 0.2) is 66.7 Å². The summed E-state index contributed by atoms with van der Waals surface area (Å²) in [5.41, 5.74) is 7.05. The number of nitrogen functional groups attached to an aromatic ring is 1. The first-order valence-corrected chi connectivity index (χ1v) is 8.78. The molecule has 3 aromatic carbocycles. The largest absolute Gasteiger partial charge is 0.455 e. The Morgan fingerprint density at radius 2 is 1.76 bits per heavy atom. The number of hydrogen-bond acceptors (Lipinski definition) is 5. The Labute approximate surface area is 167 Å². The summed E-state index contributed by atoms with van der Waals surface area (Å²) in [7, 11) is 0. The average molecular weight is 394 g/mol. The number of halogens is 1. The number of carbonyl (C=O) groups excluding carboxylic acids is 2. The van der Waals surface area contributed by atoms with Gasteiger partial charge in [0.1, 0.15) is 11.6 Å². The maximum absolute atomic E-state index is 13.1. The lowest BCUT2D eigenvalue weighted by molar-refractivity contribution is -0.119. The second kappa shape index (κ2) is 8.88. The minimum absolute atomic E-state index is 0.0118. The van der Waals surface area contributed by atoms with Crippen LogP contribution in [0.25, 0.3) is 0 Å². The predicted molar refractivity (Wildman–Crippen MR) is 107 cm³/mol. The van der Waals surface area contributed by atoms with Crippen molar-refractivity contribution in [3.05, 3.63) is 83.7 Å². The maximum Gasteiger partial charge on any atom is 0.340 e. The molecule has 3 aromatic rings. The molecule has 0 saturated heterocycles. The molecule has 0 atom stereocenters. The smallest absolute Gasteiger partial charge is 0.340 e. The molecular formula is C22H19FN2O4. The Bertz CT molecular complexity index is 1040. The minimum atomic E-state index is -0.818. The number of anilines is 2. The molecule has 29 heavy (non-hydrogen) atoms. The van der Waals surface area contributed by atoms with E-state index < -0.39 is 24.3 Å². The molecule has 0 bridgehead atoms. The second-order valence-corrected chi connectivity index (χ2v) is 6.27. The van der Waals surface area contributed by atoms with Crippen molar-refractivity contribution in [1.29, 1.82) is 0 Å². The van der Waals surface area contributed by atoms with Gasteiger partial charge in [0.05, 0.1) is 11.3 Å². The van der Waals surface area contributed by atoms with E-state index in [0.29, 0.717) is 17.2 Å². The number of ether oxygens (including phenoxy) is 2. The van der Waals surface area contributed by atoms with Gasteiger partial charge in [0.2, 0.25) is 0 Å². The molecule has 148 valence electrons. The lowest BCUT2D eigenvalue weighted by Crippen LogP contribution is -2.21. The van der Waals surface area contributed by atoms with Gasteiger partial charge in [-0.15, -0.1) is 0 Å². The van der Waals surface area contributed by atoms with Crippen LogP contribution in [0.5, 0.6) is 11.5 Å². The van der Waals surface area contributed by atoms with E-state index in [0.717, 1.165) is 17.7 Å². The molecule has 0 heterocycles. The van der Waals surface area contributed by atoms with Crippen molar-refractivity contribution in [3.63, 3.8) is 0 Å². The lowest BCUT2D eigenvalue weighted by atomic mass is 10.2. The average Bonchev–Trinajstić information content (AvgIpc) is 2.69. The van der Waals surface area contributed by atoms with Gasteiger partial charge < -0.3 is 20.5 Å². The lowest BCUT2D eigenvalue weighted by Gasteiger charge is -2.13. The molecule has 0 radical (unpaired) electrons. The number of nitrogens with one attached hydrogen (secondary N) is 1. The van der Waals surface area contributed by atoms with Crippen LogP contribution in [0.3, 0.4) is 0 Å². The van der Waals surface area contributed by atoms with Gasteiger partial charge in [-0.2, -0.15) is 0 Å². The van der Waals surface area contributed by atoms with Gasteiger partial charge >= 0.3 is 5.97 Å². The molecule has 0 aliphatic heterocycles. The number of amides is 1. The molecule has 0 spiro atoms. The van der Waals surface area contributed by atoms with Gasteiger partial charge in [0, 0.05) is 5.69 Å². The van der Waals surface area contributed by atoms with Crippen molar-refractivity contribution < 1.29 is 23.5 Å². The van der Waals surface area contributed by atoms with E-state index in [9.17, 15) is 14.0 Å². The van der Waals surface area contributed by atoms with Crippen molar-refractivity contribution in [2.24, 2.45) is 0 Å². The van der Waals surface area contributed by atoms with Crippen LogP contribution in [0.2, 0.25) is 0 Å². The molecule has 0 fully saturated rings. The molecule has 0 saturated carbocycles. The zero-order chi connectivity index (χ0) is 20.8. The molecular weight excluding hydrogens is 375 g/mol. The number of carbonyl (C=O) groups is 2. The highest BCUT2D eigenvalue weighted by atomic mass is 19.1. The Morgan fingerprint density at radius 1 is 1.03 bits per heavy atom. The molecule has 7 heteroatoms. The minimum Gasteiger partial charge on any atom is -0.455 e. The Morgan fingerprint density at radius 3 is 2.48 bits per heavy atom. The standard InChI is InChI=1S/C22H19FN2O4/c1-14-6-9-16(10-7-14)29-20-5-3-2-4-19(20)25-21(26)13-28-22(27)17-11-8-15(23)12-18(17)24/h2-12H,13,24H2,1H3,(H,25,26). The van der Waals surface area contributed by atoms with Crippen molar-refractivity contribution in [1.82, 2.24) is 0 Å². The van der Waals surface area contributed by atoms with Gasteiger partial charge in [-0.3, -0.25) is 4.79 Å². The quantitative estimate of drug-likeness (QED) is 0.480. The summed E-state index contributed by atoms with van der Waals surface area (Å²) in [6, 6.07) is 17.7. The topological polar surface area (TPSA) is 90.6 Å². The van der Waals surface area contributed by atoms with Gasteiger partial charge in [-0.25, -0.2) is 9.18 Å². The summed E-state index contributed by atoms with van der Waals surface area (Å²) in [5, 5.41) is 2.64. The van der Waals surface area contributed by atoms with Gasteiger partial charge in [-0.05, 0) is 49.4 Å². The fraction of sp³-hybridized carbons (Fsp3) is 0.0909. The van der Waals surface area contributed by atoms with E-state index in [1.165, 1.54) is 6.07 Å². The maximum atomic E-state index is 13.1. The number of benzene rings is 3. The normalized spacial score (nSPS) is 10.3. The SMILES string of the molecule is Cc1ccc(Oc2ccccc2NC(=O)COC(=O)c2ccc(F)cc2N)cc1. The van der Waals surface area contributed by atoms with Gasteiger partial charge in [0.25, 0.3) is 5.91 Å². The van der Waals surface area contributed by atoms with E-state index in [4.69, 9.17) is 15.2 Å². The summed E-state index contributed by atoms with van der Waals surface area (Å²) in [6.07, 6.45) is 0. The molecule has 0 unspecified atom stereocenters. The van der Waals surface area contributed by atoms with Crippen molar-refractivity contribution in [3.8, 4) is 11.5 Å². The third-order valence-corrected chi connectivity index (χ3v) is 3.98. The Hall–Kier alpha value is -3.87. The number of para-hydroxylation sites is 2. The highest BCUT2D eigenvalue weighted by Crippen LogP contribution is 2.29. The number of aryl methyl sites for hydroxylation is 1. The summed E-state index contributed by atoms with van der Waals surface area (Å²) < 4.78 is 23.8. The predicted octanol–water partition coefficient (Wildman–Crippen LogP) is 4.30. The van der Waals surface area contributed by atoms with E-state index in [2.05, 4.69) is 5.32 Å². The monoisotopic (exact) mass is 394 g/mol. The van der Waals surface area contributed by atoms with Crippen LogP contribution < -0.4 is 15.8 Å². The van der Waals surface area contributed by atoms with Crippen molar-refractivity contribution >= 4 is 23.3 Å². The van der Waals surface area contributed by atoms with Crippen LogP contribution in [-0.2, 0) is 9.53 Å². The first-order chi connectivity index (χ1) is 13.9. The van der Waals surface area contributed by atoms with Crippen LogP contribution in [0.4, 0.5) is 15.8 Å². The molecule has 6 nitrogen and oxygen atoms in total. The molecule has 0 aliphatic carbocycles. The van der Waals surface area contributed by atoms with Crippen molar-refractivity contribution in [2.75, 3.05) is 17.7 Å². The van der Waals surface area contributed by atoms with Crippen LogP contribution >= 0.6 is 0 Å².